The Morgan fingerprint density at radius 3 is 2.12 bits per heavy atom. The van der Waals surface area contributed by atoms with Crippen LogP contribution in [0.4, 0.5) is 6.01 Å². The number of nitrogens with zero attached hydrogens (tertiary/aromatic N) is 3. The summed E-state index contributed by atoms with van der Waals surface area (Å²) in [4.78, 5) is 23.6. The van der Waals surface area contributed by atoms with Crippen molar-refractivity contribution in [1.29, 1.82) is 0 Å². The second-order valence-corrected chi connectivity index (χ2v) is 9.97. The number of carbonyl (C=O) groups excluding carboxylic acids is 1. The highest BCUT2D eigenvalue weighted by molar-refractivity contribution is 5.89. The SMILES string of the molecule is COC(=O)[C@@H]1CCC=C(c2cncc3nc(N(Cc4ccc(OC)cc4OC)Cc4ccc(OC)cc4OC)oc23)C1. The first-order chi connectivity index (χ1) is 20.5. The van der Waals surface area contributed by atoms with Gasteiger partial charge in [-0.25, -0.2) is 0 Å². The van der Waals surface area contributed by atoms with E-state index in [1.165, 1.54) is 7.11 Å². The lowest BCUT2D eigenvalue weighted by atomic mass is 9.86. The number of hydrogen-bond donors (Lipinski definition) is 0. The van der Waals surface area contributed by atoms with E-state index >= 15 is 0 Å². The van der Waals surface area contributed by atoms with Crippen LogP contribution in [-0.4, -0.2) is 51.5 Å². The Hall–Kier alpha value is -4.73. The Bertz CT molecular complexity index is 1540. The minimum absolute atomic E-state index is 0.200. The second kappa shape index (κ2) is 12.8. The molecule has 42 heavy (non-hydrogen) atoms. The van der Waals surface area contributed by atoms with E-state index in [1.54, 1.807) is 40.8 Å². The van der Waals surface area contributed by atoms with Crippen LogP contribution in [0.3, 0.4) is 0 Å². The fraction of sp³-hybridized carbons (Fsp3) is 0.344. The molecule has 10 heteroatoms. The van der Waals surface area contributed by atoms with Crippen LogP contribution < -0.4 is 23.8 Å². The van der Waals surface area contributed by atoms with Gasteiger partial charge in [0.15, 0.2) is 5.58 Å². The molecule has 0 N–H and O–H groups in total. The summed E-state index contributed by atoms with van der Waals surface area (Å²) in [6, 6.07) is 11.8. The monoisotopic (exact) mass is 573 g/mol. The second-order valence-electron chi connectivity index (χ2n) is 9.97. The zero-order chi connectivity index (χ0) is 29.6. The van der Waals surface area contributed by atoms with Crippen molar-refractivity contribution in [1.82, 2.24) is 9.97 Å². The number of esters is 1. The van der Waals surface area contributed by atoms with E-state index in [9.17, 15) is 4.79 Å². The summed E-state index contributed by atoms with van der Waals surface area (Å²) in [5.41, 5.74) is 4.90. The first-order valence-corrected chi connectivity index (χ1v) is 13.7. The molecule has 1 aliphatic carbocycles. The van der Waals surface area contributed by atoms with Crippen molar-refractivity contribution in [2.75, 3.05) is 40.4 Å². The van der Waals surface area contributed by atoms with Crippen molar-refractivity contribution in [3.05, 3.63) is 71.6 Å². The van der Waals surface area contributed by atoms with Gasteiger partial charge in [-0.05, 0) is 49.1 Å². The van der Waals surface area contributed by atoms with Crippen molar-refractivity contribution in [3.8, 4) is 23.0 Å². The molecule has 2 heterocycles. The summed E-state index contributed by atoms with van der Waals surface area (Å²) in [6.45, 7) is 0.843. The van der Waals surface area contributed by atoms with Crippen molar-refractivity contribution < 1.29 is 32.9 Å². The normalized spacial score (nSPS) is 14.7. The molecule has 0 spiro atoms. The average Bonchev–Trinajstić information content (AvgIpc) is 3.49. The van der Waals surface area contributed by atoms with Gasteiger partial charge in [0.1, 0.15) is 28.5 Å². The smallest absolute Gasteiger partial charge is 0.309 e. The molecule has 0 amide bonds. The molecule has 0 radical (unpaired) electrons. The summed E-state index contributed by atoms with van der Waals surface area (Å²) < 4.78 is 33.7. The minimum atomic E-state index is -0.202. The van der Waals surface area contributed by atoms with Gasteiger partial charge in [-0.3, -0.25) is 9.78 Å². The van der Waals surface area contributed by atoms with E-state index < -0.39 is 0 Å². The number of anilines is 1. The zero-order valence-electron chi connectivity index (χ0n) is 24.5. The van der Waals surface area contributed by atoms with Crippen LogP contribution in [0, 0.1) is 5.92 Å². The lowest BCUT2D eigenvalue weighted by Crippen LogP contribution is -2.23. The van der Waals surface area contributed by atoms with E-state index in [2.05, 4.69) is 11.1 Å². The fourth-order valence-electron chi connectivity index (χ4n) is 5.27. The van der Waals surface area contributed by atoms with Crippen LogP contribution in [0.5, 0.6) is 23.0 Å². The van der Waals surface area contributed by atoms with Gasteiger partial charge < -0.3 is 33.0 Å². The molecule has 5 rings (SSSR count). The molecule has 2 aromatic heterocycles. The van der Waals surface area contributed by atoms with Crippen LogP contribution in [0.1, 0.15) is 36.0 Å². The Morgan fingerprint density at radius 2 is 1.55 bits per heavy atom. The van der Waals surface area contributed by atoms with Crippen LogP contribution >= 0.6 is 0 Å². The number of carbonyl (C=O) groups is 1. The average molecular weight is 574 g/mol. The molecule has 1 atom stereocenters. The third kappa shape index (κ3) is 5.97. The Labute approximate surface area is 244 Å². The predicted molar refractivity (Wildman–Crippen MR) is 158 cm³/mol. The molecule has 2 aromatic carbocycles. The number of benzene rings is 2. The maximum atomic E-state index is 12.3. The van der Waals surface area contributed by atoms with Crippen LogP contribution in [0.15, 0.2) is 59.3 Å². The molecule has 0 saturated carbocycles. The van der Waals surface area contributed by atoms with Crippen LogP contribution in [-0.2, 0) is 22.6 Å². The van der Waals surface area contributed by atoms with E-state index in [4.69, 9.17) is 33.1 Å². The molecule has 0 fully saturated rings. The van der Waals surface area contributed by atoms with Gasteiger partial charge in [0, 0.05) is 35.0 Å². The third-order valence-electron chi connectivity index (χ3n) is 7.52. The number of pyridine rings is 1. The Balaban J connectivity index is 1.56. The first-order valence-electron chi connectivity index (χ1n) is 13.7. The number of allylic oxidation sites excluding steroid dienone is 2. The van der Waals surface area contributed by atoms with E-state index in [1.807, 2.05) is 41.3 Å². The highest BCUT2D eigenvalue weighted by Gasteiger charge is 2.27. The van der Waals surface area contributed by atoms with Crippen molar-refractivity contribution in [3.63, 3.8) is 0 Å². The van der Waals surface area contributed by atoms with Crippen molar-refractivity contribution in [2.45, 2.75) is 32.4 Å². The molecule has 220 valence electrons. The molecule has 0 aliphatic heterocycles. The van der Waals surface area contributed by atoms with Gasteiger partial charge in [0.25, 0.3) is 6.01 Å². The molecule has 0 unspecified atom stereocenters. The van der Waals surface area contributed by atoms with Crippen molar-refractivity contribution >= 4 is 28.7 Å². The molecular formula is C32H35N3O7. The van der Waals surface area contributed by atoms with Gasteiger partial charge in [-0.15, -0.1) is 0 Å². The number of ether oxygens (including phenoxy) is 5. The quantitative estimate of drug-likeness (QED) is 0.204. The predicted octanol–water partition coefficient (Wildman–Crippen LogP) is 5.82. The van der Waals surface area contributed by atoms with Gasteiger partial charge in [0.05, 0.1) is 60.8 Å². The summed E-state index contributed by atoms with van der Waals surface area (Å²) in [5, 5.41) is 0. The van der Waals surface area contributed by atoms with E-state index in [-0.39, 0.29) is 11.9 Å². The molecule has 4 aromatic rings. The lowest BCUT2D eigenvalue weighted by molar-refractivity contribution is -0.145. The number of aromatic nitrogens is 2. The van der Waals surface area contributed by atoms with E-state index in [0.717, 1.165) is 35.1 Å². The maximum absolute atomic E-state index is 12.3. The molecule has 1 aliphatic rings. The first kappa shape index (κ1) is 28.8. The summed E-state index contributed by atoms with van der Waals surface area (Å²) in [7, 11) is 7.93. The fourth-order valence-corrected chi connectivity index (χ4v) is 5.27. The zero-order valence-corrected chi connectivity index (χ0v) is 24.5. The molecular weight excluding hydrogens is 538 g/mol. The topological polar surface area (TPSA) is 105 Å². The number of hydrogen-bond acceptors (Lipinski definition) is 10. The third-order valence-corrected chi connectivity index (χ3v) is 7.52. The highest BCUT2D eigenvalue weighted by atomic mass is 16.5. The number of methoxy groups -OCH3 is 5. The summed E-state index contributed by atoms with van der Waals surface area (Å²) in [6.07, 6.45) is 7.67. The number of fused-ring (bicyclic) bond motifs is 1. The maximum Gasteiger partial charge on any atom is 0.309 e. The Morgan fingerprint density at radius 1 is 0.905 bits per heavy atom. The van der Waals surface area contributed by atoms with Gasteiger partial charge >= 0.3 is 5.97 Å². The number of rotatable bonds is 11. The van der Waals surface area contributed by atoms with Gasteiger partial charge in [-0.2, -0.15) is 4.98 Å². The van der Waals surface area contributed by atoms with Crippen LogP contribution in [0.2, 0.25) is 0 Å². The summed E-state index contributed by atoms with van der Waals surface area (Å²) in [5.74, 6) is 2.35. The lowest BCUT2D eigenvalue weighted by Gasteiger charge is -2.23. The number of oxazole rings is 1. The molecule has 10 nitrogen and oxygen atoms in total. The Kier molecular flexibility index (Phi) is 8.80. The van der Waals surface area contributed by atoms with Crippen molar-refractivity contribution in [2.24, 2.45) is 5.92 Å². The van der Waals surface area contributed by atoms with E-state index in [0.29, 0.717) is 59.6 Å². The standard InChI is InChI=1S/C32H35N3O7/c1-37-24-11-9-22(28(14-24)39-3)18-35(19-23-10-12-25(38-2)15-29(23)40-4)32-34-27-17-33-16-26(30(27)42-32)20-7-6-8-21(13-20)31(36)41-5/h7,9-12,14-17,21H,6,8,13,18-19H2,1-5H3/t21-/m1/s1. The highest BCUT2D eigenvalue weighted by Crippen LogP contribution is 2.37. The van der Waals surface area contributed by atoms with Crippen LogP contribution in [0.25, 0.3) is 16.7 Å². The summed E-state index contributed by atoms with van der Waals surface area (Å²) >= 11 is 0. The van der Waals surface area contributed by atoms with Gasteiger partial charge in [0.2, 0.25) is 0 Å². The van der Waals surface area contributed by atoms with Gasteiger partial charge in [-0.1, -0.05) is 6.08 Å². The largest absolute Gasteiger partial charge is 0.497 e. The molecule has 0 bridgehead atoms. The minimum Gasteiger partial charge on any atom is -0.497 e. The molecule has 0 saturated heterocycles.